The predicted octanol–water partition coefficient (Wildman–Crippen LogP) is 11.5. The Labute approximate surface area is 305 Å². The largest absolute Gasteiger partial charge is 0.376 e. The van der Waals surface area contributed by atoms with Crippen LogP contribution in [0.1, 0.15) is 88.4 Å². The average molecular weight is 784 g/mol. The molecule has 1 saturated carbocycles. The van der Waals surface area contributed by atoms with Crippen molar-refractivity contribution in [3.05, 3.63) is 138 Å². The molecule has 2 atom stereocenters. The first-order valence-corrected chi connectivity index (χ1v) is 18.4. The van der Waals surface area contributed by atoms with Crippen LogP contribution in [0.4, 0.5) is 0 Å². The Morgan fingerprint density at radius 3 is 1.55 bits per heavy atom. The molecule has 2 unspecified atom stereocenters. The molecule has 6 heteroatoms. The van der Waals surface area contributed by atoms with E-state index in [4.69, 9.17) is 9.47 Å². The second-order valence-electron chi connectivity index (χ2n) is 13.2. The molecule has 252 valence electrons. The third-order valence-electron chi connectivity index (χ3n) is 9.92. The van der Waals surface area contributed by atoms with E-state index in [1.54, 1.807) is 0 Å². The Bertz CT molecular complexity index is 1510. The lowest BCUT2D eigenvalue weighted by molar-refractivity contribution is 0.0570. The quantitative estimate of drug-likeness (QED) is 0.138. The summed E-state index contributed by atoms with van der Waals surface area (Å²) in [6.07, 6.45) is 6.04. The van der Waals surface area contributed by atoms with Gasteiger partial charge in [-0.2, -0.15) is 0 Å². The molecular formula is C41H50Br2ClNO2. The molecule has 0 aromatic heterocycles. The second-order valence-corrected chi connectivity index (χ2v) is 15.1. The van der Waals surface area contributed by atoms with Crippen LogP contribution in [0.2, 0.25) is 0 Å². The zero-order valence-corrected chi connectivity index (χ0v) is 32.3. The van der Waals surface area contributed by atoms with E-state index in [-0.39, 0.29) is 29.8 Å². The molecule has 0 amide bonds. The molecule has 3 nitrogen and oxygen atoms in total. The van der Waals surface area contributed by atoms with Crippen molar-refractivity contribution < 1.29 is 9.47 Å². The van der Waals surface area contributed by atoms with Gasteiger partial charge in [-0.15, -0.1) is 12.4 Å². The van der Waals surface area contributed by atoms with E-state index in [9.17, 15) is 0 Å². The fraction of sp³-hybridized carbons (Fsp3) is 0.415. The summed E-state index contributed by atoms with van der Waals surface area (Å²) in [6, 6.07) is 30.3. The lowest BCUT2D eigenvalue weighted by Crippen LogP contribution is -2.54. The Hall–Kier alpha value is -1.99. The van der Waals surface area contributed by atoms with E-state index in [2.05, 4.69) is 150 Å². The van der Waals surface area contributed by atoms with Gasteiger partial charge in [0, 0.05) is 32.9 Å². The second kappa shape index (κ2) is 18.1. The number of hydrogen-bond acceptors (Lipinski definition) is 3. The maximum absolute atomic E-state index is 6.63. The lowest BCUT2D eigenvalue weighted by atomic mass is 9.68. The number of hydrogen-bond donors (Lipinski definition) is 1. The van der Waals surface area contributed by atoms with Crippen LogP contribution in [-0.4, -0.2) is 25.3 Å². The smallest absolute Gasteiger partial charge is 0.0717 e. The standard InChI is InChI=1S/C41H49Br2NO2.ClH/c1-29-10-8-11-30(2)39(29)35(27-45-25-33-14-18-36(42)19-15-33)24-44-41(22-6-5-7-23-41)38(40-31(3)12-9-13-32(40)4)28-46-26-34-16-20-37(43)21-17-34;/h8-21,35,38,44H,5-7,22-28H2,1-4H3;1H. The van der Waals surface area contributed by atoms with E-state index in [0.29, 0.717) is 26.4 Å². The van der Waals surface area contributed by atoms with Crippen molar-refractivity contribution in [2.24, 2.45) is 0 Å². The number of aryl methyl sites for hydroxylation is 4. The molecule has 4 aromatic carbocycles. The van der Waals surface area contributed by atoms with E-state index >= 15 is 0 Å². The zero-order valence-electron chi connectivity index (χ0n) is 28.3. The first kappa shape index (κ1) is 37.8. The van der Waals surface area contributed by atoms with Crippen LogP contribution in [0, 0.1) is 27.7 Å². The number of rotatable bonds is 14. The summed E-state index contributed by atoms with van der Waals surface area (Å²) in [5.41, 5.74) is 10.6. The average Bonchev–Trinajstić information content (AvgIpc) is 3.04. The van der Waals surface area contributed by atoms with Crippen LogP contribution >= 0.6 is 44.3 Å². The van der Waals surface area contributed by atoms with Crippen molar-refractivity contribution in [1.29, 1.82) is 0 Å². The molecule has 1 fully saturated rings. The van der Waals surface area contributed by atoms with Gasteiger partial charge in [0.15, 0.2) is 0 Å². The molecule has 0 radical (unpaired) electrons. The summed E-state index contributed by atoms with van der Waals surface area (Å²) < 4.78 is 15.3. The fourth-order valence-electron chi connectivity index (χ4n) is 7.54. The van der Waals surface area contributed by atoms with Crippen LogP contribution in [0.15, 0.2) is 93.9 Å². The molecule has 0 saturated heterocycles. The fourth-order valence-corrected chi connectivity index (χ4v) is 8.07. The highest BCUT2D eigenvalue weighted by molar-refractivity contribution is 9.10. The number of halogens is 3. The van der Waals surface area contributed by atoms with Crippen LogP contribution in [-0.2, 0) is 22.7 Å². The van der Waals surface area contributed by atoms with Crippen LogP contribution in [0.25, 0.3) is 0 Å². The van der Waals surface area contributed by atoms with Crippen LogP contribution in [0.5, 0.6) is 0 Å². The highest BCUT2D eigenvalue weighted by Crippen LogP contribution is 2.43. The van der Waals surface area contributed by atoms with Crippen molar-refractivity contribution in [3.63, 3.8) is 0 Å². The van der Waals surface area contributed by atoms with Crippen molar-refractivity contribution in [3.8, 4) is 0 Å². The summed E-state index contributed by atoms with van der Waals surface area (Å²) >= 11 is 7.12. The third kappa shape index (κ3) is 10.0. The van der Waals surface area contributed by atoms with Crippen molar-refractivity contribution >= 4 is 44.3 Å². The molecule has 47 heavy (non-hydrogen) atoms. The molecule has 0 aliphatic heterocycles. The van der Waals surface area contributed by atoms with Crippen LogP contribution in [0.3, 0.4) is 0 Å². The van der Waals surface area contributed by atoms with E-state index in [1.165, 1.54) is 63.8 Å². The van der Waals surface area contributed by atoms with E-state index in [1.807, 2.05) is 0 Å². The van der Waals surface area contributed by atoms with Gasteiger partial charge in [-0.3, -0.25) is 0 Å². The minimum Gasteiger partial charge on any atom is -0.376 e. The van der Waals surface area contributed by atoms with Gasteiger partial charge in [0.2, 0.25) is 0 Å². The Morgan fingerprint density at radius 2 is 1.06 bits per heavy atom. The number of benzene rings is 4. The molecule has 0 heterocycles. The summed E-state index contributed by atoms with van der Waals surface area (Å²) in [5, 5.41) is 4.28. The van der Waals surface area contributed by atoms with Gasteiger partial charge >= 0.3 is 0 Å². The zero-order chi connectivity index (χ0) is 32.5. The van der Waals surface area contributed by atoms with Crippen molar-refractivity contribution in [1.82, 2.24) is 5.32 Å². The Kier molecular flexibility index (Phi) is 14.6. The van der Waals surface area contributed by atoms with E-state index in [0.717, 1.165) is 28.3 Å². The SMILES string of the molecule is Cc1cccc(C)c1C(CNC1(C(COCc2ccc(Br)cc2)c2c(C)cccc2C)CCCCC1)COCc1ccc(Br)cc1.Cl. The van der Waals surface area contributed by atoms with Gasteiger partial charge in [-0.25, -0.2) is 0 Å². The Morgan fingerprint density at radius 1 is 0.617 bits per heavy atom. The molecule has 0 spiro atoms. The summed E-state index contributed by atoms with van der Waals surface area (Å²) in [5.74, 6) is 0.476. The minimum absolute atomic E-state index is 0. The topological polar surface area (TPSA) is 30.5 Å². The molecule has 1 N–H and O–H groups in total. The molecule has 1 aliphatic rings. The first-order chi connectivity index (χ1) is 22.3. The molecule has 0 bridgehead atoms. The summed E-state index contributed by atoms with van der Waals surface area (Å²) in [6.45, 7) is 12.5. The maximum Gasteiger partial charge on any atom is 0.0717 e. The van der Waals surface area contributed by atoms with Gasteiger partial charge in [0.05, 0.1) is 26.4 Å². The van der Waals surface area contributed by atoms with Gasteiger partial charge in [0.1, 0.15) is 0 Å². The number of ether oxygens (including phenoxy) is 2. The first-order valence-electron chi connectivity index (χ1n) is 16.8. The van der Waals surface area contributed by atoms with Crippen molar-refractivity contribution in [2.75, 3.05) is 19.8 Å². The highest BCUT2D eigenvalue weighted by Gasteiger charge is 2.42. The van der Waals surface area contributed by atoms with Gasteiger partial charge in [-0.05, 0) is 109 Å². The summed E-state index contributed by atoms with van der Waals surface area (Å²) in [7, 11) is 0. The van der Waals surface area contributed by atoms with Crippen LogP contribution < -0.4 is 5.32 Å². The summed E-state index contributed by atoms with van der Waals surface area (Å²) in [4.78, 5) is 0. The Balaban J connectivity index is 0.00000500. The number of nitrogens with one attached hydrogen (secondary N) is 1. The van der Waals surface area contributed by atoms with Gasteiger partial charge < -0.3 is 14.8 Å². The van der Waals surface area contributed by atoms with Crippen molar-refractivity contribution in [2.45, 2.75) is 90.4 Å². The van der Waals surface area contributed by atoms with E-state index < -0.39 is 0 Å². The molecule has 5 rings (SSSR count). The minimum atomic E-state index is -0.0601. The normalized spacial score (nSPS) is 15.5. The molecular weight excluding hydrogens is 734 g/mol. The van der Waals surface area contributed by atoms with Gasteiger partial charge in [-0.1, -0.05) is 112 Å². The predicted molar refractivity (Wildman–Crippen MR) is 206 cm³/mol. The molecule has 4 aromatic rings. The highest BCUT2D eigenvalue weighted by atomic mass is 79.9. The molecule has 1 aliphatic carbocycles. The monoisotopic (exact) mass is 781 g/mol. The maximum atomic E-state index is 6.63. The van der Waals surface area contributed by atoms with Gasteiger partial charge in [0.25, 0.3) is 0 Å². The third-order valence-corrected chi connectivity index (χ3v) is 11.0. The lowest BCUT2D eigenvalue weighted by Gasteiger charge is -2.46.